The maximum Gasteiger partial charge on any atom is 0.140 e. The Morgan fingerprint density at radius 1 is 0.500 bits per heavy atom. The van der Waals surface area contributed by atoms with Crippen LogP contribution in [-0.4, -0.2) is 12.4 Å². The van der Waals surface area contributed by atoms with Crippen LogP contribution in [0.25, 0.3) is 38.3 Å². The molecular formula is C22H16BN. The molecular weight excluding hydrogens is 289 g/mol. The summed E-state index contributed by atoms with van der Waals surface area (Å²) in [4.78, 5) is 0. The van der Waals surface area contributed by atoms with E-state index in [9.17, 15) is 0 Å². The van der Waals surface area contributed by atoms with E-state index < -0.39 is 0 Å². The molecule has 0 aliphatic rings. The molecule has 1 nitrogen and oxygen atoms in total. The second-order valence-corrected chi connectivity index (χ2v) is 6.32. The highest BCUT2D eigenvalue weighted by molar-refractivity contribution is 6.39. The zero-order chi connectivity index (χ0) is 16.1. The number of fused-ring (bicyclic) bond motifs is 4. The molecule has 0 unspecified atom stereocenters. The quantitative estimate of drug-likeness (QED) is 0.409. The minimum absolute atomic E-state index is 1.24. The number of rotatable bonds is 1. The Kier molecular flexibility index (Phi) is 2.80. The lowest BCUT2D eigenvalue weighted by Gasteiger charge is -2.13. The van der Waals surface area contributed by atoms with E-state index in [2.05, 4.69) is 97.3 Å². The standard InChI is InChI=1S/C22H16BN/c23-19-13-14-22(16-8-2-1-7-15(16)19)24-20-11-5-3-9-17(20)18-10-4-6-12-21(18)24/h1-14H,23H2. The van der Waals surface area contributed by atoms with Gasteiger partial charge in [-0.15, -0.1) is 0 Å². The maximum atomic E-state index is 2.40. The van der Waals surface area contributed by atoms with Crippen LogP contribution in [0.2, 0.25) is 0 Å². The van der Waals surface area contributed by atoms with Gasteiger partial charge in [0.05, 0.1) is 16.7 Å². The molecule has 5 aromatic rings. The highest BCUT2D eigenvalue weighted by Crippen LogP contribution is 2.33. The first-order chi connectivity index (χ1) is 11.8. The van der Waals surface area contributed by atoms with Crippen LogP contribution in [0.3, 0.4) is 0 Å². The summed E-state index contributed by atoms with van der Waals surface area (Å²) in [5.41, 5.74) is 5.07. The Labute approximate surface area is 141 Å². The van der Waals surface area contributed by atoms with Crippen molar-refractivity contribution in [3.05, 3.63) is 84.9 Å². The molecule has 0 radical (unpaired) electrons. The first kappa shape index (κ1) is 13.4. The molecule has 0 aliphatic heterocycles. The monoisotopic (exact) mass is 305 g/mol. The molecule has 0 atom stereocenters. The van der Waals surface area contributed by atoms with E-state index in [0.29, 0.717) is 0 Å². The van der Waals surface area contributed by atoms with E-state index >= 15 is 0 Å². The van der Waals surface area contributed by atoms with Crippen LogP contribution in [0.5, 0.6) is 0 Å². The lowest BCUT2D eigenvalue weighted by Crippen LogP contribution is -2.06. The lowest BCUT2D eigenvalue weighted by molar-refractivity contribution is 1.20. The molecule has 0 saturated heterocycles. The second-order valence-electron chi connectivity index (χ2n) is 6.32. The number of benzene rings is 4. The summed E-state index contributed by atoms with van der Waals surface area (Å²) in [5, 5.41) is 5.22. The Balaban J connectivity index is 2.02. The van der Waals surface area contributed by atoms with E-state index in [1.807, 2.05) is 0 Å². The average Bonchev–Trinajstić information content (AvgIpc) is 2.97. The fourth-order valence-electron chi connectivity index (χ4n) is 3.81. The zero-order valence-corrected chi connectivity index (χ0v) is 13.5. The van der Waals surface area contributed by atoms with Gasteiger partial charge in [-0.05, 0) is 23.6 Å². The van der Waals surface area contributed by atoms with Gasteiger partial charge in [0, 0.05) is 16.2 Å². The van der Waals surface area contributed by atoms with E-state index in [0.717, 1.165) is 0 Å². The maximum absolute atomic E-state index is 2.40. The van der Waals surface area contributed by atoms with E-state index in [1.165, 1.54) is 43.7 Å². The van der Waals surface area contributed by atoms with Crippen molar-refractivity contribution in [3.63, 3.8) is 0 Å². The van der Waals surface area contributed by atoms with Gasteiger partial charge in [-0.1, -0.05) is 72.2 Å². The van der Waals surface area contributed by atoms with Gasteiger partial charge in [-0.25, -0.2) is 0 Å². The highest BCUT2D eigenvalue weighted by atomic mass is 15.0. The molecule has 5 rings (SSSR count). The normalized spacial score (nSPS) is 11.5. The molecule has 24 heavy (non-hydrogen) atoms. The summed E-state index contributed by atoms with van der Waals surface area (Å²) in [6.45, 7) is 0. The Hall–Kier alpha value is -3.00. The largest absolute Gasteiger partial charge is 0.309 e. The van der Waals surface area contributed by atoms with Crippen molar-refractivity contribution in [1.82, 2.24) is 4.57 Å². The predicted octanol–water partition coefficient (Wildman–Crippen LogP) is 4.20. The van der Waals surface area contributed by atoms with E-state index in [4.69, 9.17) is 0 Å². The minimum Gasteiger partial charge on any atom is -0.309 e. The van der Waals surface area contributed by atoms with Crippen LogP contribution in [0.1, 0.15) is 0 Å². The lowest BCUT2D eigenvalue weighted by atomic mass is 9.89. The van der Waals surface area contributed by atoms with Crippen molar-refractivity contribution in [2.75, 3.05) is 0 Å². The molecule has 112 valence electrons. The summed E-state index contributed by atoms with van der Waals surface area (Å²) in [6, 6.07) is 30.5. The first-order valence-corrected chi connectivity index (χ1v) is 8.31. The van der Waals surface area contributed by atoms with Gasteiger partial charge in [-0.3, -0.25) is 0 Å². The van der Waals surface area contributed by atoms with Crippen molar-refractivity contribution in [2.24, 2.45) is 0 Å². The van der Waals surface area contributed by atoms with E-state index in [-0.39, 0.29) is 0 Å². The van der Waals surface area contributed by atoms with Gasteiger partial charge in [0.25, 0.3) is 0 Å². The second kappa shape index (κ2) is 5.00. The Bertz CT molecular complexity index is 1160. The van der Waals surface area contributed by atoms with Crippen LogP contribution in [0, 0.1) is 0 Å². The number of nitrogens with zero attached hydrogens (tertiary/aromatic N) is 1. The summed E-state index contributed by atoms with van der Waals surface area (Å²) < 4.78 is 2.40. The fraction of sp³-hybridized carbons (Fsp3) is 0. The SMILES string of the molecule is Bc1ccc(-n2c3ccccc3c3ccccc32)c2ccccc12. The molecule has 0 bridgehead atoms. The fourth-order valence-corrected chi connectivity index (χ4v) is 3.81. The predicted molar refractivity (Wildman–Crippen MR) is 106 cm³/mol. The third-order valence-corrected chi connectivity index (χ3v) is 4.94. The first-order valence-electron chi connectivity index (χ1n) is 8.31. The number of hydrogen-bond acceptors (Lipinski definition) is 0. The summed E-state index contributed by atoms with van der Waals surface area (Å²) >= 11 is 0. The summed E-state index contributed by atoms with van der Waals surface area (Å²) in [7, 11) is 2.18. The molecule has 2 heteroatoms. The van der Waals surface area contributed by atoms with Crippen LogP contribution in [-0.2, 0) is 0 Å². The Morgan fingerprint density at radius 3 is 1.62 bits per heavy atom. The number of hydrogen-bond donors (Lipinski definition) is 0. The van der Waals surface area contributed by atoms with Crippen molar-refractivity contribution in [3.8, 4) is 5.69 Å². The van der Waals surface area contributed by atoms with Crippen molar-refractivity contribution >= 4 is 45.9 Å². The highest BCUT2D eigenvalue weighted by Gasteiger charge is 2.13. The van der Waals surface area contributed by atoms with Crippen molar-refractivity contribution in [1.29, 1.82) is 0 Å². The molecule has 1 heterocycles. The molecule has 0 amide bonds. The van der Waals surface area contributed by atoms with E-state index in [1.54, 1.807) is 0 Å². The van der Waals surface area contributed by atoms with Crippen LogP contribution >= 0.6 is 0 Å². The number of aromatic nitrogens is 1. The molecule has 0 spiro atoms. The van der Waals surface area contributed by atoms with Crippen molar-refractivity contribution in [2.45, 2.75) is 0 Å². The number of para-hydroxylation sites is 2. The van der Waals surface area contributed by atoms with Gasteiger partial charge < -0.3 is 4.57 Å². The van der Waals surface area contributed by atoms with Gasteiger partial charge >= 0.3 is 0 Å². The molecule has 1 aromatic heterocycles. The van der Waals surface area contributed by atoms with Gasteiger partial charge in [0.15, 0.2) is 0 Å². The van der Waals surface area contributed by atoms with Crippen molar-refractivity contribution < 1.29 is 0 Å². The zero-order valence-electron chi connectivity index (χ0n) is 13.5. The average molecular weight is 305 g/mol. The van der Waals surface area contributed by atoms with Crippen LogP contribution < -0.4 is 5.46 Å². The summed E-state index contributed by atoms with van der Waals surface area (Å²) in [5.74, 6) is 0. The molecule has 4 aromatic carbocycles. The third kappa shape index (κ3) is 1.77. The molecule has 0 N–H and O–H groups in total. The third-order valence-electron chi connectivity index (χ3n) is 4.94. The van der Waals surface area contributed by atoms with Crippen LogP contribution in [0.15, 0.2) is 84.9 Å². The smallest absolute Gasteiger partial charge is 0.140 e. The minimum atomic E-state index is 1.24. The molecule has 0 fully saturated rings. The van der Waals surface area contributed by atoms with Crippen LogP contribution in [0.4, 0.5) is 0 Å². The molecule has 0 saturated carbocycles. The van der Waals surface area contributed by atoms with Gasteiger partial charge in [-0.2, -0.15) is 0 Å². The van der Waals surface area contributed by atoms with Gasteiger partial charge in [0.1, 0.15) is 7.85 Å². The molecule has 0 aliphatic carbocycles. The van der Waals surface area contributed by atoms with Gasteiger partial charge in [0.2, 0.25) is 0 Å². The Morgan fingerprint density at radius 2 is 1.00 bits per heavy atom. The topological polar surface area (TPSA) is 4.93 Å². The summed E-state index contributed by atoms with van der Waals surface area (Å²) in [6.07, 6.45) is 0.